The molecule has 64 valence electrons. The van der Waals surface area contributed by atoms with E-state index in [2.05, 4.69) is 0 Å². The maximum Gasteiger partial charge on any atom is 0.201 e. The lowest BCUT2D eigenvalue weighted by Gasteiger charge is -1.89. The highest BCUT2D eigenvalue weighted by molar-refractivity contribution is 5.94. The first-order valence-electron chi connectivity index (χ1n) is 4.06. The van der Waals surface area contributed by atoms with Crippen LogP contribution in [0.15, 0.2) is 35.0 Å². The summed E-state index contributed by atoms with van der Waals surface area (Å²) in [6.45, 7) is 2.04. The van der Waals surface area contributed by atoms with Crippen molar-refractivity contribution in [3.63, 3.8) is 0 Å². The third-order valence-corrected chi connectivity index (χ3v) is 1.50. The highest BCUT2D eigenvalue weighted by Gasteiger charge is 2.04. The van der Waals surface area contributed by atoms with Gasteiger partial charge in [-0.3, -0.25) is 4.79 Å². The minimum absolute atomic E-state index is 0.0321. The molecular weight excluding hydrogens is 152 g/mol. The Balaban J connectivity index is 2.45. The molecule has 0 atom stereocenters. The first kappa shape index (κ1) is 8.78. The van der Waals surface area contributed by atoms with Gasteiger partial charge >= 0.3 is 0 Å². The first-order chi connectivity index (χ1) is 5.84. The fraction of sp³-hybridized carbons (Fsp3) is 0.300. The van der Waals surface area contributed by atoms with Gasteiger partial charge < -0.3 is 4.42 Å². The second-order valence-corrected chi connectivity index (χ2v) is 2.48. The molecule has 2 nitrogen and oxygen atoms in total. The molecular formula is C10H12O2. The molecule has 0 unspecified atom stereocenters. The largest absolute Gasteiger partial charge is 0.461 e. The summed E-state index contributed by atoms with van der Waals surface area (Å²) in [7, 11) is 0. The van der Waals surface area contributed by atoms with Crippen LogP contribution in [0.25, 0.3) is 0 Å². The van der Waals surface area contributed by atoms with E-state index in [-0.39, 0.29) is 5.78 Å². The Bertz CT molecular complexity index is 257. The van der Waals surface area contributed by atoms with Crippen molar-refractivity contribution in [1.29, 1.82) is 0 Å². The van der Waals surface area contributed by atoms with E-state index in [1.54, 1.807) is 12.1 Å². The minimum Gasteiger partial charge on any atom is -0.461 e. The lowest BCUT2D eigenvalue weighted by atomic mass is 10.2. The minimum atomic E-state index is 0.0321. The molecule has 0 spiro atoms. The van der Waals surface area contributed by atoms with E-state index in [9.17, 15) is 4.79 Å². The van der Waals surface area contributed by atoms with E-state index in [1.807, 2.05) is 19.1 Å². The normalized spacial score (nSPS) is 10.8. The summed E-state index contributed by atoms with van der Waals surface area (Å²) in [5, 5.41) is 0. The molecule has 1 heterocycles. The average Bonchev–Trinajstić information content (AvgIpc) is 2.56. The van der Waals surface area contributed by atoms with E-state index in [0.717, 1.165) is 6.42 Å². The average molecular weight is 164 g/mol. The number of hydrogen-bond donors (Lipinski definition) is 0. The smallest absolute Gasteiger partial charge is 0.201 e. The molecule has 1 aromatic heterocycles. The van der Waals surface area contributed by atoms with Crippen LogP contribution in [0.3, 0.4) is 0 Å². The molecule has 0 aliphatic heterocycles. The predicted molar refractivity (Wildman–Crippen MR) is 47.1 cm³/mol. The van der Waals surface area contributed by atoms with Gasteiger partial charge in [-0.25, -0.2) is 0 Å². The molecule has 0 saturated carbocycles. The highest BCUT2D eigenvalue weighted by Crippen LogP contribution is 2.04. The topological polar surface area (TPSA) is 30.2 Å². The van der Waals surface area contributed by atoms with Gasteiger partial charge in [0, 0.05) is 6.42 Å². The van der Waals surface area contributed by atoms with Gasteiger partial charge in [0.05, 0.1) is 6.26 Å². The van der Waals surface area contributed by atoms with Gasteiger partial charge in [-0.1, -0.05) is 19.1 Å². The summed E-state index contributed by atoms with van der Waals surface area (Å²) < 4.78 is 4.94. The zero-order valence-electron chi connectivity index (χ0n) is 7.12. The van der Waals surface area contributed by atoms with Crippen molar-refractivity contribution in [2.75, 3.05) is 0 Å². The Morgan fingerprint density at radius 1 is 1.58 bits per heavy atom. The summed E-state index contributed by atoms with van der Waals surface area (Å²) in [5.41, 5.74) is 0. The number of furan rings is 1. The third-order valence-electron chi connectivity index (χ3n) is 1.50. The molecule has 0 radical (unpaired) electrons. The van der Waals surface area contributed by atoms with Gasteiger partial charge in [-0.15, -0.1) is 0 Å². The standard InChI is InChI=1S/C10H12O2/c1-2-3-4-6-9(11)10-7-5-8-12-10/h3-5,7-8H,2,6H2,1H3/b4-3+. The fourth-order valence-corrected chi connectivity index (χ4v) is 0.895. The fourth-order valence-electron chi connectivity index (χ4n) is 0.895. The molecule has 0 aliphatic rings. The van der Waals surface area contributed by atoms with E-state index in [4.69, 9.17) is 4.42 Å². The van der Waals surface area contributed by atoms with Gasteiger partial charge in [0.2, 0.25) is 5.78 Å². The van der Waals surface area contributed by atoms with Crippen LogP contribution in [0, 0.1) is 0 Å². The van der Waals surface area contributed by atoms with Crippen molar-refractivity contribution in [1.82, 2.24) is 0 Å². The van der Waals surface area contributed by atoms with Crippen LogP contribution < -0.4 is 0 Å². The van der Waals surface area contributed by atoms with Gasteiger partial charge in [0.1, 0.15) is 0 Å². The van der Waals surface area contributed by atoms with Gasteiger partial charge in [0.25, 0.3) is 0 Å². The van der Waals surface area contributed by atoms with Crippen LogP contribution in [0.1, 0.15) is 30.3 Å². The molecule has 12 heavy (non-hydrogen) atoms. The lowest BCUT2D eigenvalue weighted by molar-refractivity contribution is 0.0969. The number of Topliss-reactive ketones (excluding diaryl/α,β-unsaturated/α-hetero) is 1. The third kappa shape index (κ3) is 2.38. The van der Waals surface area contributed by atoms with E-state index >= 15 is 0 Å². The first-order valence-corrected chi connectivity index (χ1v) is 4.06. The molecule has 0 saturated heterocycles. The SMILES string of the molecule is CC/C=C/CC(=O)c1ccco1. The monoisotopic (exact) mass is 164 g/mol. The Morgan fingerprint density at radius 2 is 2.42 bits per heavy atom. The molecule has 0 aliphatic carbocycles. The number of carbonyl (C=O) groups excluding carboxylic acids is 1. The molecule has 0 amide bonds. The van der Waals surface area contributed by atoms with Crippen molar-refractivity contribution in [2.24, 2.45) is 0 Å². The molecule has 0 bridgehead atoms. The molecule has 0 aromatic carbocycles. The molecule has 2 heteroatoms. The molecule has 0 N–H and O–H groups in total. The summed E-state index contributed by atoms with van der Waals surface area (Å²) >= 11 is 0. The summed E-state index contributed by atoms with van der Waals surface area (Å²) in [5.74, 6) is 0.473. The zero-order chi connectivity index (χ0) is 8.81. The maximum atomic E-state index is 11.2. The van der Waals surface area contributed by atoms with Crippen LogP contribution in [0.2, 0.25) is 0 Å². The van der Waals surface area contributed by atoms with Crippen LogP contribution in [0.4, 0.5) is 0 Å². The second kappa shape index (κ2) is 4.54. The van der Waals surface area contributed by atoms with E-state index in [0.29, 0.717) is 12.2 Å². The van der Waals surface area contributed by atoms with Gasteiger partial charge in [-0.05, 0) is 18.6 Å². The Labute approximate surface area is 71.9 Å². The van der Waals surface area contributed by atoms with E-state index in [1.165, 1.54) is 6.26 Å². The lowest BCUT2D eigenvalue weighted by Crippen LogP contribution is -1.93. The Kier molecular flexibility index (Phi) is 3.33. The van der Waals surface area contributed by atoms with Crippen molar-refractivity contribution < 1.29 is 9.21 Å². The maximum absolute atomic E-state index is 11.2. The number of allylic oxidation sites excluding steroid dienone is 2. The van der Waals surface area contributed by atoms with Crippen molar-refractivity contribution in [3.8, 4) is 0 Å². The number of carbonyl (C=O) groups is 1. The van der Waals surface area contributed by atoms with E-state index < -0.39 is 0 Å². The summed E-state index contributed by atoms with van der Waals surface area (Å²) in [4.78, 5) is 11.2. The number of hydrogen-bond acceptors (Lipinski definition) is 2. The Morgan fingerprint density at radius 3 is 3.00 bits per heavy atom. The zero-order valence-corrected chi connectivity index (χ0v) is 7.12. The number of rotatable bonds is 4. The van der Waals surface area contributed by atoms with Crippen LogP contribution in [-0.4, -0.2) is 5.78 Å². The summed E-state index contributed by atoms with van der Waals surface area (Å²) in [6, 6.07) is 3.40. The van der Waals surface area contributed by atoms with Crippen molar-refractivity contribution >= 4 is 5.78 Å². The highest BCUT2D eigenvalue weighted by atomic mass is 16.3. The quantitative estimate of drug-likeness (QED) is 0.506. The van der Waals surface area contributed by atoms with Crippen LogP contribution >= 0.6 is 0 Å². The predicted octanol–water partition coefficient (Wildman–Crippen LogP) is 2.82. The van der Waals surface area contributed by atoms with Crippen LogP contribution in [0.5, 0.6) is 0 Å². The second-order valence-electron chi connectivity index (χ2n) is 2.48. The summed E-state index contributed by atoms with van der Waals surface area (Å²) in [6.07, 6.45) is 6.75. The number of ketones is 1. The molecule has 1 aromatic rings. The molecule has 1 rings (SSSR count). The van der Waals surface area contributed by atoms with Crippen LogP contribution in [-0.2, 0) is 0 Å². The molecule has 0 fully saturated rings. The van der Waals surface area contributed by atoms with Crippen molar-refractivity contribution in [2.45, 2.75) is 19.8 Å². The van der Waals surface area contributed by atoms with Gasteiger partial charge in [0.15, 0.2) is 5.76 Å². The Hall–Kier alpha value is -1.31. The van der Waals surface area contributed by atoms with Gasteiger partial charge in [-0.2, -0.15) is 0 Å². The van der Waals surface area contributed by atoms with Crippen molar-refractivity contribution in [3.05, 3.63) is 36.3 Å².